The average Bonchev–Trinajstić information content (AvgIpc) is 2.92. The molecule has 1 aliphatic heterocycles. The van der Waals surface area contributed by atoms with Crippen molar-refractivity contribution in [2.45, 2.75) is 32.7 Å². The molecule has 2 heterocycles. The maximum absolute atomic E-state index is 12.7. The minimum Gasteiger partial charge on any atom is -0.336 e. The van der Waals surface area contributed by atoms with Crippen molar-refractivity contribution in [1.82, 2.24) is 19.7 Å². The Labute approximate surface area is 135 Å². The first kappa shape index (κ1) is 15.2. The number of likely N-dealkylation sites (tertiary alicyclic amines) is 1. The monoisotopic (exact) mass is 309 g/mol. The molecule has 0 saturated carbocycles. The molecule has 118 valence electrons. The number of aromatic nitrogens is 3. The molecule has 0 radical (unpaired) electrons. The van der Waals surface area contributed by atoms with Crippen molar-refractivity contribution in [2.24, 2.45) is 0 Å². The summed E-state index contributed by atoms with van der Waals surface area (Å²) in [5.41, 5.74) is 1.07. The molecule has 6 heteroatoms. The van der Waals surface area contributed by atoms with Crippen LogP contribution in [0.15, 0.2) is 24.3 Å². The fourth-order valence-electron chi connectivity index (χ4n) is 3.13. The molecule has 1 aliphatic rings. The quantitative estimate of drug-likeness (QED) is 0.852. The fourth-order valence-corrected chi connectivity index (χ4v) is 3.13. The van der Waals surface area contributed by atoms with E-state index in [0.29, 0.717) is 17.7 Å². The average molecular weight is 309 g/mol. The smallest absolute Gasteiger partial charge is 0.253 e. The Kier molecular flexibility index (Phi) is 4.11. The van der Waals surface area contributed by atoms with E-state index in [2.05, 4.69) is 16.2 Å². The van der Waals surface area contributed by atoms with Crippen molar-refractivity contribution in [3.8, 4) is 6.07 Å². The van der Waals surface area contributed by atoms with Crippen LogP contribution in [-0.4, -0.2) is 38.7 Å². The SMILES string of the molecule is Cc1nc(C)n([C@@H]2CCCN(C(=O)c3cccc(C#N)c3)C2)n1. The maximum Gasteiger partial charge on any atom is 0.253 e. The Hall–Kier alpha value is -2.68. The summed E-state index contributed by atoms with van der Waals surface area (Å²) in [6.45, 7) is 5.18. The maximum atomic E-state index is 12.7. The molecule has 6 nitrogen and oxygen atoms in total. The van der Waals surface area contributed by atoms with Crippen LogP contribution in [0.5, 0.6) is 0 Å². The summed E-state index contributed by atoms with van der Waals surface area (Å²) in [5, 5.41) is 13.4. The Balaban J connectivity index is 1.79. The van der Waals surface area contributed by atoms with E-state index in [0.717, 1.165) is 31.0 Å². The highest BCUT2D eigenvalue weighted by molar-refractivity contribution is 5.94. The zero-order valence-electron chi connectivity index (χ0n) is 13.4. The summed E-state index contributed by atoms with van der Waals surface area (Å²) in [5.74, 6) is 1.61. The molecule has 1 saturated heterocycles. The number of amides is 1. The van der Waals surface area contributed by atoms with Crippen molar-refractivity contribution in [3.05, 3.63) is 47.0 Å². The Morgan fingerprint density at radius 1 is 1.39 bits per heavy atom. The van der Waals surface area contributed by atoms with Crippen LogP contribution < -0.4 is 0 Å². The van der Waals surface area contributed by atoms with E-state index in [1.54, 1.807) is 24.3 Å². The zero-order valence-corrected chi connectivity index (χ0v) is 13.4. The van der Waals surface area contributed by atoms with E-state index in [1.165, 1.54) is 0 Å². The number of carbonyl (C=O) groups excluding carboxylic acids is 1. The molecule has 0 bridgehead atoms. The number of rotatable bonds is 2. The number of benzene rings is 1. The summed E-state index contributed by atoms with van der Waals surface area (Å²) in [7, 11) is 0. The molecule has 0 aliphatic carbocycles. The fraction of sp³-hybridized carbons (Fsp3) is 0.412. The Bertz CT molecular complexity index is 774. The van der Waals surface area contributed by atoms with Crippen molar-refractivity contribution < 1.29 is 4.79 Å². The standard InChI is InChI=1S/C17H19N5O/c1-12-19-13(2)22(20-12)16-7-4-8-21(11-16)17(23)15-6-3-5-14(9-15)10-18/h3,5-6,9,16H,4,7-8,11H2,1-2H3/t16-/m1/s1. The van der Waals surface area contributed by atoms with Crippen LogP contribution in [-0.2, 0) is 0 Å². The first-order chi connectivity index (χ1) is 11.1. The lowest BCUT2D eigenvalue weighted by Crippen LogP contribution is -2.41. The van der Waals surface area contributed by atoms with Gasteiger partial charge >= 0.3 is 0 Å². The van der Waals surface area contributed by atoms with E-state index >= 15 is 0 Å². The minimum atomic E-state index is -0.0266. The van der Waals surface area contributed by atoms with Crippen molar-refractivity contribution in [2.75, 3.05) is 13.1 Å². The minimum absolute atomic E-state index is 0.0266. The number of aryl methyl sites for hydroxylation is 2. The lowest BCUT2D eigenvalue weighted by Gasteiger charge is -2.33. The summed E-state index contributed by atoms with van der Waals surface area (Å²) in [6.07, 6.45) is 1.93. The van der Waals surface area contributed by atoms with Gasteiger partial charge in [0.2, 0.25) is 0 Å². The first-order valence-corrected chi connectivity index (χ1v) is 7.77. The van der Waals surface area contributed by atoms with Gasteiger partial charge < -0.3 is 4.90 Å². The molecule has 0 N–H and O–H groups in total. The molecule has 0 spiro atoms. The van der Waals surface area contributed by atoms with Gasteiger partial charge in [-0.25, -0.2) is 9.67 Å². The molecule has 1 fully saturated rings. The number of nitriles is 1. The summed E-state index contributed by atoms with van der Waals surface area (Å²) < 4.78 is 1.93. The van der Waals surface area contributed by atoms with Crippen LogP contribution in [0.1, 0.15) is 46.5 Å². The molecule has 3 rings (SSSR count). The number of hydrogen-bond donors (Lipinski definition) is 0. The number of piperidine rings is 1. The van der Waals surface area contributed by atoms with Gasteiger partial charge in [-0.2, -0.15) is 10.4 Å². The molecular weight excluding hydrogens is 290 g/mol. The van der Waals surface area contributed by atoms with Crippen molar-refractivity contribution in [3.63, 3.8) is 0 Å². The van der Waals surface area contributed by atoms with Gasteiger partial charge in [0.05, 0.1) is 17.7 Å². The topological polar surface area (TPSA) is 74.8 Å². The van der Waals surface area contributed by atoms with Crippen LogP contribution in [0.2, 0.25) is 0 Å². The second-order valence-corrected chi connectivity index (χ2v) is 5.89. The summed E-state index contributed by atoms with van der Waals surface area (Å²) >= 11 is 0. The highest BCUT2D eigenvalue weighted by Gasteiger charge is 2.27. The lowest BCUT2D eigenvalue weighted by atomic mass is 10.0. The van der Waals surface area contributed by atoms with Crippen molar-refractivity contribution >= 4 is 5.91 Å². The van der Waals surface area contributed by atoms with Crippen LogP contribution in [0.4, 0.5) is 0 Å². The second kappa shape index (κ2) is 6.21. The van der Waals surface area contributed by atoms with Gasteiger partial charge in [0.25, 0.3) is 5.91 Å². The van der Waals surface area contributed by atoms with E-state index in [-0.39, 0.29) is 11.9 Å². The predicted molar refractivity (Wildman–Crippen MR) is 84.8 cm³/mol. The number of nitrogens with zero attached hydrogens (tertiary/aromatic N) is 5. The third-order valence-corrected chi connectivity index (χ3v) is 4.18. The highest BCUT2D eigenvalue weighted by atomic mass is 16.2. The van der Waals surface area contributed by atoms with Crippen LogP contribution in [0.3, 0.4) is 0 Å². The third kappa shape index (κ3) is 3.09. The highest BCUT2D eigenvalue weighted by Crippen LogP contribution is 2.23. The van der Waals surface area contributed by atoms with E-state index in [4.69, 9.17) is 5.26 Å². The first-order valence-electron chi connectivity index (χ1n) is 7.77. The molecular formula is C17H19N5O. The number of carbonyl (C=O) groups is 1. The van der Waals surface area contributed by atoms with Gasteiger partial charge in [-0.15, -0.1) is 0 Å². The van der Waals surface area contributed by atoms with E-state index < -0.39 is 0 Å². The van der Waals surface area contributed by atoms with Gasteiger partial charge in [-0.1, -0.05) is 6.07 Å². The van der Waals surface area contributed by atoms with Crippen LogP contribution in [0.25, 0.3) is 0 Å². The molecule has 1 atom stereocenters. The van der Waals surface area contributed by atoms with E-state index in [9.17, 15) is 4.79 Å². The molecule has 1 aromatic heterocycles. The second-order valence-electron chi connectivity index (χ2n) is 5.89. The van der Waals surface area contributed by atoms with Gasteiger partial charge in [0.1, 0.15) is 11.6 Å². The number of hydrogen-bond acceptors (Lipinski definition) is 4. The van der Waals surface area contributed by atoms with Gasteiger partial charge in [0.15, 0.2) is 0 Å². The zero-order chi connectivity index (χ0) is 16.4. The van der Waals surface area contributed by atoms with Gasteiger partial charge in [-0.3, -0.25) is 4.79 Å². The lowest BCUT2D eigenvalue weighted by molar-refractivity contribution is 0.0671. The largest absolute Gasteiger partial charge is 0.336 e. The van der Waals surface area contributed by atoms with Gasteiger partial charge in [-0.05, 0) is 44.9 Å². The Morgan fingerprint density at radius 2 is 2.22 bits per heavy atom. The van der Waals surface area contributed by atoms with Crippen molar-refractivity contribution in [1.29, 1.82) is 5.26 Å². The summed E-state index contributed by atoms with van der Waals surface area (Å²) in [4.78, 5) is 18.9. The molecule has 23 heavy (non-hydrogen) atoms. The normalized spacial score (nSPS) is 17.8. The van der Waals surface area contributed by atoms with Gasteiger partial charge in [0, 0.05) is 18.7 Å². The van der Waals surface area contributed by atoms with E-state index in [1.807, 2.05) is 23.4 Å². The predicted octanol–water partition coefficient (Wildman–Crippen LogP) is 2.24. The molecule has 1 aromatic carbocycles. The van der Waals surface area contributed by atoms with Crippen LogP contribution >= 0.6 is 0 Å². The summed E-state index contributed by atoms with van der Waals surface area (Å²) in [6, 6.07) is 9.10. The molecule has 1 amide bonds. The molecule has 2 aromatic rings. The Morgan fingerprint density at radius 3 is 2.91 bits per heavy atom. The molecule has 0 unspecified atom stereocenters. The van der Waals surface area contributed by atoms with Crippen LogP contribution in [0, 0.1) is 25.2 Å². The third-order valence-electron chi connectivity index (χ3n) is 4.18.